The van der Waals surface area contributed by atoms with Crippen LogP contribution in [0.25, 0.3) is 0 Å². The average molecular weight is 136 g/mol. The van der Waals surface area contributed by atoms with E-state index in [-0.39, 0.29) is 0 Å². The van der Waals surface area contributed by atoms with E-state index in [0.29, 0.717) is 12.2 Å². The van der Waals surface area contributed by atoms with Crippen LogP contribution in [0.1, 0.15) is 5.69 Å². The molecule has 1 aromatic rings. The first kappa shape index (κ1) is 6.62. The van der Waals surface area contributed by atoms with E-state index in [9.17, 15) is 0 Å². The van der Waals surface area contributed by atoms with Gasteiger partial charge in [-0.1, -0.05) is 0 Å². The van der Waals surface area contributed by atoms with E-state index >= 15 is 0 Å². The van der Waals surface area contributed by atoms with Crippen LogP contribution in [0.5, 0.6) is 0 Å². The van der Waals surface area contributed by atoms with Crippen LogP contribution in [0.4, 0.5) is 5.82 Å². The second-order valence-corrected chi connectivity index (χ2v) is 2.02. The number of rotatable bonds is 1. The molecule has 0 unspecified atom stereocenters. The highest BCUT2D eigenvalue weighted by Gasteiger charge is 1.99. The van der Waals surface area contributed by atoms with Crippen LogP contribution in [0.2, 0.25) is 0 Å². The maximum absolute atomic E-state index is 8.32. The maximum atomic E-state index is 8.32. The molecule has 1 aromatic heterocycles. The molecule has 0 aliphatic rings. The zero-order valence-corrected chi connectivity index (χ0v) is 5.70. The summed E-state index contributed by atoms with van der Waals surface area (Å²) in [6.07, 6.45) is 0.362. The molecule has 0 amide bonds. The van der Waals surface area contributed by atoms with Crippen molar-refractivity contribution in [2.75, 3.05) is 5.73 Å². The quantitative estimate of drug-likeness (QED) is 0.594. The minimum Gasteiger partial charge on any atom is -0.382 e. The van der Waals surface area contributed by atoms with E-state index in [0.717, 1.165) is 5.69 Å². The van der Waals surface area contributed by atoms with Gasteiger partial charge in [-0.25, -0.2) is 0 Å². The van der Waals surface area contributed by atoms with Gasteiger partial charge in [0, 0.05) is 13.1 Å². The molecule has 10 heavy (non-hydrogen) atoms. The normalized spacial score (nSPS) is 9.20. The number of nitrogens with two attached hydrogens (primary N) is 1. The monoisotopic (exact) mass is 136 g/mol. The van der Waals surface area contributed by atoms with Crippen LogP contribution in [-0.4, -0.2) is 9.78 Å². The van der Waals surface area contributed by atoms with Crippen molar-refractivity contribution < 1.29 is 0 Å². The summed E-state index contributed by atoms with van der Waals surface area (Å²) in [6, 6.07) is 3.72. The van der Waals surface area contributed by atoms with Crippen molar-refractivity contribution in [3.8, 4) is 6.07 Å². The summed E-state index contributed by atoms with van der Waals surface area (Å²) in [7, 11) is 1.77. The highest BCUT2D eigenvalue weighted by atomic mass is 15.3. The highest BCUT2D eigenvalue weighted by molar-refractivity contribution is 5.30. The fourth-order valence-electron chi connectivity index (χ4n) is 0.777. The number of hydrogen-bond acceptors (Lipinski definition) is 3. The van der Waals surface area contributed by atoms with Gasteiger partial charge in [0.2, 0.25) is 0 Å². The van der Waals surface area contributed by atoms with Crippen LogP contribution in [0, 0.1) is 11.3 Å². The molecule has 0 bridgehead atoms. The minimum atomic E-state index is 0.362. The highest BCUT2D eigenvalue weighted by Crippen LogP contribution is 2.03. The zero-order valence-electron chi connectivity index (χ0n) is 5.70. The van der Waals surface area contributed by atoms with Crippen LogP contribution < -0.4 is 5.73 Å². The van der Waals surface area contributed by atoms with E-state index in [2.05, 4.69) is 5.10 Å². The zero-order chi connectivity index (χ0) is 7.56. The van der Waals surface area contributed by atoms with E-state index in [1.165, 1.54) is 0 Å². The predicted molar refractivity (Wildman–Crippen MR) is 36.9 cm³/mol. The van der Waals surface area contributed by atoms with Gasteiger partial charge in [0.1, 0.15) is 5.82 Å². The molecule has 0 spiro atoms. The Labute approximate surface area is 58.9 Å². The molecule has 1 heterocycles. The Hall–Kier alpha value is -1.50. The van der Waals surface area contributed by atoms with Crippen LogP contribution in [0.15, 0.2) is 6.07 Å². The SMILES string of the molecule is Cn1nc(N)cc1CC#N. The van der Waals surface area contributed by atoms with E-state index in [1.807, 2.05) is 6.07 Å². The van der Waals surface area contributed by atoms with Gasteiger partial charge in [0.05, 0.1) is 18.2 Å². The fourth-order valence-corrected chi connectivity index (χ4v) is 0.777. The molecule has 0 aliphatic heterocycles. The molecule has 1 rings (SSSR count). The molecular formula is C6H8N4. The molecule has 52 valence electrons. The molecule has 0 aliphatic carbocycles. The Morgan fingerprint density at radius 1 is 1.90 bits per heavy atom. The van der Waals surface area contributed by atoms with Crippen molar-refractivity contribution in [1.82, 2.24) is 9.78 Å². The van der Waals surface area contributed by atoms with E-state index < -0.39 is 0 Å². The Balaban J connectivity index is 2.94. The topological polar surface area (TPSA) is 67.6 Å². The van der Waals surface area contributed by atoms with Gasteiger partial charge < -0.3 is 5.73 Å². The first-order valence-electron chi connectivity index (χ1n) is 2.89. The first-order valence-corrected chi connectivity index (χ1v) is 2.89. The third kappa shape index (κ3) is 1.08. The lowest BCUT2D eigenvalue weighted by atomic mass is 10.3. The summed E-state index contributed by atoms with van der Waals surface area (Å²) >= 11 is 0. The second kappa shape index (κ2) is 2.40. The van der Waals surface area contributed by atoms with Gasteiger partial charge in [-0.3, -0.25) is 4.68 Å². The summed E-state index contributed by atoms with van der Waals surface area (Å²) in [4.78, 5) is 0. The molecule has 0 aromatic carbocycles. The van der Waals surface area contributed by atoms with Gasteiger partial charge in [-0.2, -0.15) is 10.4 Å². The fraction of sp³-hybridized carbons (Fsp3) is 0.333. The molecule has 0 radical (unpaired) electrons. The summed E-state index contributed by atoms with van der Waals surface area (Å²) in [5, 5.41) is 12.2. The summed E-state index contributed by atoms with van der Waals surface area (Å²) in [5.74, 6) is 0.466. The Kier molecular flexibility index (Phi) is 1.59. The van der Waals surface area contributed by atoms with Crippen molar-refractivity contribution in [3.63, 3.8) is 0 Å². The lowest BCUT2D eigenvalue weighted by molar-refractivity contribution is 0.732. The predicted octanol–water partition coefficient (Wildman–Crippen LogP) is 0.0684. The molecule has 0 fully saturated rings. The molecule has 4 heteroatoms. The minimum absolute atomic E-state index is 0.362. The number of nitrogen functional groups attached to an aromatic ring is 1. The maximum Gasteiger partial charge on any atom is 0.145 e. The largest absolute Gasteiger partial charge is 0.382 e. The number of hydrogen-bond donors (Lipinski definition) is 1. The Morgan fingerprint density at radius 2 is 2.60 bits per heavy atom. The third-order valence-electron chi connectivity index (χ3n) is 1.26. The number of anilines is 1. The molecule has 0 saturated carbocycles. The number of aryl methyl sites for hydroxylation is 1. The van der Waals surface area contributed by atoms with Gasteiger partial charge in [0.25, 0.3) is 0 Å². The third-order valence-corrected chi connectivity index (χ3v) is 1.26. The molecular weight excluding hydrogens is 128 g/mol. The lowest BCUT2D eigenvalue weighted by Gasteiger charge is -1.91. The smallest absolute Gasteiger partial charge is 0.145 e. The van der Waals surface area contributed by atoms with Gasteiger partial charge in [-0.15, -0.1) is 0 Å². The molecule has 0 atom stereocenters. The van der Waals surface area contributed by atoms with Crippen molar-refractivity contribution in [2.24, 2.45) is 7.05 Å². The van der Waals surface area contributed by atoms with E-state index in [4.69, 9.17) is 11.0 Å². The number of nitriles is 1. The van der Waals surface area contributed by atoms with Crippen LogP contribution >= 0.6 is 0 Å². The Morgan fingerprint density at radius 3 is 3.00 bits per heavy atom. The lowest BCUT2D eigenvalue weighted by Crippen LogP contribution is -1.96. The van der Waals surface area contributed by atoms with Crippen LogP contribution in [-0.2, 0) is 13.5 Å². The van der Waals surface area contributed by atoms with Crippen molar-refractivity contribution >= 4 is 5.82 Å². The van der Waals surface area contributed by atoms with Gasteiger partial charge in [-0.05, 0) is 0 Å². The summed E-state index contributed by atoms with van der Waals surface area (Å²) in [6.45, 7) is 0. The molecule has 4 nitrogen and oxygen atoms in total. The summed E-state index contributed by atoms with van der Waals surface area (Å²) < 4.78 is 1.61. The first-order chi connectivity index (χ1) is 4.74. The number of nitrogens with zero attached hydrogens (tertiary/aromatic N) is 3. The van der Waals surface area contributed by atoms with Gasteiger partial charge in [0.15, 0.2) is 0 Å². The van der Waals surface area contributed by atoms with Crippen LogP contribution in [0.3, 0.4) is 0 Å². The average Bonchev–Trinajstić information content (AvgIpc) is 2.13. The van der Waals surface area contributed by atoms with Gasteiger partial charge >= 0.3 is 0 Å². The van der Waals surface area contributed by atoms with Crippen molar-refractivity contribution in [2.45, 2.75) is 6.42 Å². The summed E-state index contributed by atoms with van der Waals surface area (Å²) in [5.41, 5.74) is 6.22. The second-order valence-electron chi connectivity index (χ2n) is 2.02. The number of aromatic nitrogens is 2. The Bertz CT molecular complexity index is 268. The molecule has 2 N–H and O–H groups in total. The van der Waals surface area contributed by atoms with Crippen molar-refractivity contribution in [1.29, 1.82) is 5.26 Å². The standard InChI is InChI=1S/C6H8N4/c1-10-5(2-3-7)4-6(8)9-10/h4H,2H2,1H3,(H2,8,9). The van der Waals surface area contributed by atoms with Crippen molar-refractivity contribution in [3.05, 3.63) is 11.8 Å². The molecule has 0 saturated heterocycles. The van der Waals surface area contributed by atoms with E-state index in [1.54, 1.807) is 17.8 Å².